The molecular weight excluding hydrogens is 424 g/mol. The van der Waals surface area contributed by atoms with Gasteiger partial charge in [0.15, 0.2) is 17.2 Å². The van der Waals surface area contributed by atoms with E-state index in [1.807, 2.05) is 30.3 Å². The van der Waals surface area contributed by atoms with Gasteiger partial charge in [0.1, 0.15) is 0 Å². The van der Waals surface area contributed by atoms with Crippen LogP contribution >= 0.6 is 0 Å². The maximum absolute atomic E-state index is 5.63. The predicted octanol–water partition coefficient (Wildman–Crippen LogP) is 6.14. The van der Waals surface area contributed by atoms with Crippen LogP contribution in [0.5, 0.6) is 17.2 Å². The molecule has 2 atom stereocenters. The van der Waals surface area contributed by atoms with E-state index in [-0.39, 0.29) is 0 Å². The maximum atomic E-state index is 5.63. The van der Waals surface area contributed by atoms with Crippen LogP contribution in [0.2, 0.25) is 0 Å². The highest BCUT2D eigenvalue weighted by Gasteiger charge is 2.34. The van der Waals surface area contributed by atoms with Crippen LogP contribution in [-0.4, -0.2) is 26.0 Å². The number of para-hydroxylation sites is 1. The minimum absolute atomic E-state index is 0.310. The fourth-order valence-electron chi connectivity index (χ4n) is 5.00. The third kappa shape index (κ3) is 4.26. The average molecular weight is 455 g/mol. The summed E-state index contributed by atoms with van der Waals surface area (Å²) in [5, 5.41) is 0. The van der Waals surface area contributed by atoms with Gasteiger partial charge < -0.3 is 14.3 Å². The molecule has 1 N–H and O–H groups in total. The monoisotopic (exact) mass is 454 g/mol. The summed E-state index contributed by atoms with van der Waals surface area (Å²) in [4.78, 5) is 10.9. The fourth-order valence-corrected chi connectivity index (χ4v) is 5.00. The van der Waals surface area contributed by atoms with Crippen LogP contribution in [0, 0.1) is 0 Å². The number of hydrogen-bond donors (Lipinski definition) is 1. The highest BCUT2D eigenvalue weighted by Crippen LogP contribution is 2.44. The zero-order valence-electron chi connectivity index (χ0n) is 19.7. The molecule has 0 radical (unpaired) electrons. The second-order valence-electron chi connectivity index (χ2n) is 8.80. The number of nitrogens with zero attached hydrogens (tertiary/aromatic N) is 1. The zero-order valence-corrected chi connectivity index (χ0v) is 19.7. The Kier molecular flexibility index (Phi) is 6.26. The van der Waals surface area contributed by atoms with Crippen LogP contribution < -0.4 is 19.8 Å². The van der Waals surface area contributed by atoms with Crippen molar-refractivity contribution in [1.29, 1.82) is 0 Å². The van der Waals surface area contributed by atoms with Gasteiger partial charge in [-0.25, -0.2) is 5.48 Å². The van der Waals surface area contributed by atoms with Gasteiger partial charge in [0.25, 0.3) is 0 Å². The molecule has 1 aliphatic carbocycles. The van der Waals surface area contributed by atoms with Crippen LogP contribution in [0.4, 0.5) is 0 Å². The highest BCUT2D eigenvalue weighted by atomic mass is 16.6. The van der Waals surface area contributed by atoms with Crippen molar-refractivity contribution >= 4 is 11.4 Å². The van der Waals surface area contributed by atoms with Gasteiger partial charge >= 0.3 is 0 Å². The summed E-state index contributed by atoms with van der Waals surface area (Å²) in [6.07, 6.45) is 4.76. The summed E-state index contributed by atoms with van der Waals surface area (Å²) in [5.41, 5.74) is 9.15. The SMILES string of the molecule is C=C(NOc1ccccc1)c1ccc(C2=N[C@@H]3CCCC[C@@H]3c3cc(OC)c(OC)cc32)cc1. The van der Waals surface area contributed by atoms with Crippen molar-refractivity contribution in [1.82, 2.24) is 5.48 Å². The number of rotatable bonds is 7. The van der Waals surface area contributed by atoms with Gasteiger partial charge in [-0.3, -0.25) is 4.99 Å². The molecule has 0 aromatic heterocycles. The lowest BCUT2D eigenvalue weighted by Gasteiger charge is -2.35. The summed E-state index contributed by atoms with van der Waals surface area (Å²) in [7, 11) is 3.37. The van der Waals surface area contributed by atoms with Gasteiger partial charge in [-0.15, -0.1) is 0 Å². The number of benzene rings is 3. The van der Waals surface area contributed by atoms with Crippen molar-refractivity contribution in [2.75, 3.05) is 14.2 Å². The number of nitrogens with one attached hydrogen (secondary N) is 1. The number of methoxy groups -OCH3 is 2. The van der Waals surface area contributed by atoms with Crippen LogP contribution in [-0.2, 0) is 0 Å². The van der Waals surface area contributed by atoms with Crippen LogP contribution in [0.15, 0.2) is 78.3 Å². The summed E-state index contributed by atoms with van der Waals surface area (Å²) < 4.78 is 11.2. The standard InChI is InChI=1S/C29H30N2O3/c1-19(31-34-22-9-5-4-6-10-22)20-13-15-21(16-14-20)29-25-18-28(33-3)27(32-2)17-24(25)23-11-7-8-12-26(23)30-29/h4-6,9-10,13-18,23,26,31H,1,7-8,11-12H2,2-3H3/t23-,26-/m1/s1. The van der Waals surface area contributed by atoms with Gasteiger partial charge in [-0.1, -0.05) is 61.9 Å². The van der Waals surface area contributed by atoms with Crippen LogP contribution in [0.1, 0.15) is 53.9 Å². The molecule has 1 fully saturated rings. The molecule has 3 aromatic carbocycles. The number of fused-ring (bicyclic) bond motifs is 3. The fraction of sp³-hybridized carbons (Fsp3) is 0.276. The van der Waals surface area contributed by atoms with E-state index < -0.39 is 0 Å². The molecule has 2 aliphatic rings. The van der Waals surface area contributed by atoms with E-state index in [1.165, 1.54) is 18.4 Å². The lowest BCUT2D eigenvalue weighted by molar-refractivity contribution is 0.253. The molecule has 0 amide bonds. The smallest absolute Gasteiger partial charge is 0.161 e. The maximum Gasteiger partial charge on any atom is 0.161 e. The Balaban J connectivity index is 1.44. The van der Waals surface area contributed by atoms with E-state index in [2.05, 4.69) is 48.5 Å². The summed E-state index contributed by atoms with van der Waals surface area (Å²) in [5.74, 6) is 2.68. The first-order chi connectivity index (χ1) is 16.7. The third-order valence-corrected chi connectivity index (χ3v) is 6.78. The normalized spacial score (nSPS) is 18.7. The molecular formula is C29H30N2O3. The van der Waals surface area contributed by atoms with E-state index in [0.717, 1.165) is 52.5 Å². The minimum Gasteiger partial charge on any atom is -0.493 e. The molecule has 0 spiro atoms. The molecule has 0 unspecified atom stereocenters. The first-order valence-electron chi connectivity index (χ1n) is 11.8. The number of ether oxygens (including phenoxy) is 2. The molecule has 34 heavy (non-hydrogen) atoms. The first kappa shape index (κ1) is 22.1. The minimum atomic E-state index is 0.310. The van der Waals surface area contributed by atoms with Crippen molar-refractivity contribution in [3.63, 3.8) is 0 Å². The summed E-state index contributed by atoms with van der Waals surface area (Å²) in [6, 6.07) is 22.5. The molecule has 5 heteroatoms. The molecule has 1 saturated carbocycles. The van der Waals surface area contributed by atoms with E-state index in [9.17, 15) is 0 Å². The van der Waals surface area contributed by atoms with Crippen molar-refractivity contribution < 1.29 is 14.3 Å². The Labute approximate surface area is 201 Å². The van der Waals surface area contributed by atoms with Crippen LogP contribution in [0.3, 0.4) is 0 Å². The van der Waals surface area contributed by atoms with Gasteiger partial charge in [-0.2, -0.15) is 0 Å². The molecule has 1 aliphatic heterocycles. The Morgan fingerprint density at radius 1 is 0.912 bits per heavy atom. The van der Waals surface area contributed by atoms with E-state index >= 15 is 0 Å². The molecule has 174 valence electrons. The summed E-state index contributed by atoms with van der Waals surface area (Å²) >= 11 is 0. The molecule has 5 nitrogen and oxygen atoms in total. The number of hydroxylamine groups is 1. The van der Waals surface area contributed by atoms with E-state index in [1.54, 1.807) is 14.2 Å². The molecule has 5 rings (SSSR count). The van der Waals surface area contributed by atoms with E-state index in [0.29, 0.717) is 17.7 Å². The Hall–Kier alpha value is -3.73. The van der Waals surface area contributed by atoms with Crippen molar-refractivity contribution in [3.8, 4) is 17.2 Å². The quantitative estimate of drug-likeness (QED) is 0.436. The lowest BCUT2D eigenvalue weighted by Crippen LogP contribution is -2.29. The molecule has 3 aromatic rings. The second-order valence-corrected chi connectivity index (χ2v) is 8.80. The Morgan fingerprint density at radius 2 is 1.62 bits per heavy atom. The number of hydrogen-bond acceptors (Lipinski definition) is 5. The third-order valence-electron chi connectivity index (χ3n) is 6.78. The summed E-state index contributed by atoms with van der Waals surface area (Å²) in [6.45, 7) is 4.12. The largest absolute Gasteiger partial charge is 0.493 e. The van der Waals surface area contributed by atoms with Gasteiger partial charge in [0.05, 0.1) is 31.7 Å². The van der Waals surface area contributed by atoms with Crippen molar-refractivity contribution in [3.05, 3.63) is 95.6 Å². The number of aliphatic imine (C=N–C) groups is 1. The first-order valence-corrected chi connectivity index (χ1v) is 11.8. The lowest BCUT2D eigenvalue weighted by atomic mass is 9.75. The van der Waals surface area contributed by atoms with Crippen molar-refractivity contribution in [2.45, 2.75) is 37.6 Å². The Bertz CT molecular complexity index is 1200. The highest BCUT2D eigenvalue weighted by molar-refractivity contribution is 6.15. The van der Waals surface area contributed by atoms with Crippen LogP contribution in [0.25, 0.3) is 5.70 Å². The second kappa shape index (κ2) is 9.64. The topological polar surface area (TPSA) is 52.1 Å². The molecule has 0 bridgehead atoms. The predicted molar refractivity (Wildman–Crippen MR) is 136 cm³/mol. The van der Waals surface area contributed by atoms with Gasteiger partial charge in [0, 0.05) is 22.6 Å². The zero-order chi connectivity index (χ0) is 23.5. The Morgan fingerprint density at radius 3 is 2.35 bits per heavy atom. The molecule has 0 saturated heterocycles. The van der Waals surface area contributed by atoms with Crippen molar-refractivity contribution in [2.24, 2.45) is 4.99 Å². The van der Waals surface area contributed by atoms with E-state index in [4.69, 9.17) is 19.3 Å². The van der Waals surface area contributed by atoms with Gasteiger partial charge in [-0.05, 0) is 42.7 Å². The molecule has 1 heterocycles. The van der Waals surface area contributed by atoms with Gasteiger partial charge in [0.2, 0.25) is 0 Å². The average Bonchev–Trinajstić information content (AvgIpc) is 2.91.